The Bertz CT molecular complexity index is 306. The Morgan fingerprint density at radius 3 is 2.25 bits per heavy atom. The summed E-state index contributed by atoms with van der Waals surface area (Å²) >= 11 is 1.78. The van der Waals surface area contributed by atoms with Crippen LogP contribution < -0.4 is 5.73 Å². The molecule has 0 unspecified atom stereocenters. The van der Waals surface area contributed by atoms with Gasteiger partial charge in [-0.2, -0.15) is 0 Å². The number of benzene rings is 1. The van der Waals surface area contributed by atoms with Gasteiger partial charge in [0.05, 0.1) is 0 Å². The first kappa shape index (κ1) is 13.9. The second-order valence-electron chi connectivity index (χ2n) is 4.34. The Morgan fingerprint density at radius 1 is 1.19 bits per heavy atom. The molecule has 1 saturated carbocycles. The fourth-order valence-corrected chi connectivity index (χ4v) is 2.82. The van der Waals surface area contributed by atoms with Crippen LogP contribution in [0, 0.1) is 5.92 Å². The molecular formula is C13H20ClNS. The van der Waals surface area contributed by atoms with Crippen LogP contribution in [0.15, 0.2) is 29.2 Å². The number of halogens is 1. The molecule has 1 nitrogen and oxygen atoms in total. The molecule has 3 heteroatoms. The second-order valence-corrected chi connectivity index (χ2v) is 5.22. The topological polar surface area (TPSA) is 26.0 Å². The second kappa shape index (κ2) is 6.53. The number of thioether (sulfide) groups is 1. The smallest absolute Gasteiger partial charge is 0.0323 e. The van der Waals surface area contributed by atoms with Crippen molar-refractivity contribution in [1.82, 2.24) is 0 Å². The van der Waals surface area contributed by atoms with Crippen LogP contribution in [0.1, 0.15) is 37.3 Å². The Morgan fingerprint density at radius 2 is 1.75 bits per heavy atom. The van der Waals surface area contributed by atoms with E-state index in [1.54, 1.807) is 11.8 Å². The molecular weight excluding hydrogens is 238 g/mol. The molecule has 0 heterocycles. The van der Waals surface area contributed by atoms with E-state index in [4.69, 9.17) is 5.73 Å². The highest BCUT2D eigenvalue weighted by molar-refractivity contribution is 7.98. The van der Waals surface area contributed by atoms with Crippen molar-refractivity contribution >= 4 is 24.2 Å². The van der Waals surface area contributed by atoms with E-state index in [1.807, 2.05) is 0 Å². The average Bonchev–Trinajstić information content (AvgIpc) is 2.82. The van der Waals surface area contributed by atoms with Crippen LogP contribution >= 0.6 is 24.2 Å². The third-order valence-corrected chi connectivity index (χ3v) is 4.15. The molecule has 0 aliphatic heterocycles. The summed E-state index contributed by atoms with van der Waals surface area (Å²) < 4.78 is 0. The van der Waals surface area contributed by atoms with Crippen molar-refractivity contribution in [2.45, 2.75) is 36.6 Å². The third kappa shape index (κ3) is 3.16. The molecule has 1 aromatic rings. The lowest BCUT2D eigenvalue weighted by molar-refractivity contribution is 0.445. The van der Waals surface area contributed by atoms with Crippen molar-refractivity contribution in [2.24, 2.45) is 11.7 Å². The van der Waals surface area contributed by atoms with E-state index in [1.165, 1.54) is 36.1 Å². The van der Waals surface area contributed by atoms with Gasteiger partial charge in [-0.25, -0.2) is 0 Å². The molecule has 0 bridgehead atoms. The van der Waals surface area contributed by atoms with Gasteiger partial charge in [0, 0.05) is 10.9 Å². The Balaban J connectivity index is 0.00000128. The minimum atomic E-state index is 0. The van der Waals surface area contributed by atoms with Crippen LogP contribution in [0.2, 0.25) is 0 Å². The molecule has 1 atom stereocenters. The molecule has 0 amide bonds. The standard InChI is InChI=1S/C13H19NS.ClH/c1-15-12-8-6-11(7-9-12)13(14)10-4-2-3-5-10;/h6-10,13H,2-5,14H2,1H3;1H/t13-;/m1./s1. The minimum Gasteiger partial charge on any atom is -0.324 e. The molecule has 0 spiro atoms. The first-order valence-electron chi connectivity index (χ1n) is 5.71. The zero-order chi connectivity index (χ0) is 10.7. The summed E-state index contributed by atoms with van der Waals surface area (Å²) in [5, 5.41) is 0. The van der Waals surface area contributed by atoms with Crippen LogP contribution in [-0.4, -0.2) is 6.26 Å². The predicted molar refractivity (Wildman–Crippen MR) is 74.4 cm³/mol. The maximum atomic E-state index is 6.29. The van der Waals surface area contributed by atoms with Crippen molar-refractivity contribution < 1.29 is 0 Å². The molecule has 90 valence electrons. The van der Waals surface area contributed by atoms with Gasteiger partial charge in [0.1, 0.15) is 0 Å². The molecule has 1 aromatic carbocycles. The van der Waals surface area contributed by atoms with Gasteiger partial charge >= 0.3 is 0 Å². The van der Waals surface area contributed by atoms with Crippen LogP contribution in [0.3, 0.4) is 0 Å². The highest BCUT2D eigenvalue weighted by atomic mass is 35.5. The molecule has 2 N–H and O–H groups in total. The number of hydrogen-bond acceptors (Lipinski definition) is 2. The van der Waals surface area contributed by atoms with Crippen molar-refractivity contribution in [3.63, 3.8) is 0 Å². The first-order chi connectivity index (χ1) is 7.31. The summed E-state index contributed by atoms with van der Waals surface area (Å²) in [6.45, 7) is 0. The monoisotopic (exact) mass is 257 g/mol. The summed E-state index contributed by atoms with van der Waals surface area (Å²) in [6.07, 6.45) is 7.45. The maximum Gasteiger partial charge on any atom is 0.0323 e. The molecule has 1 aliphatic carbocycles. The summed E-state index contributed by atoms with van der Waals surface area (Å²) in [7, 11) is 0. The number of rotatable bonds is 3. The first-order valence-corrected chi connectivity index (χ1v) is 6.93. The number of hydrogen-bond donors (Lipinski definition) is 1. The molecule has 0 aromatic heterocycles. The molecule has 0 saturated heterocycles. The minimum absolute atomic E-state index is 0. The fourth-order valence-electron chi connectivity index (χ4n) is 2.41. The van der Waals surface area contributed by atoms with E-state index in [2.05, 4.69) is 30.5 Å². The Kier molecular flexibility index (Phi) is 5.67. The van der Waals surface area contributed by atoms with Gasteiger partial charge in [-0.15, -0.1) is 24.2 Å². The van der Waals surface area contributed by atoms with Gasteiger partial charge in [0.25, 0.3) is 0 Å². The highest BCUT2D eigenvalue weighted by Gasteiger charge is 2.22. The molecule has 16 heavy (non-hydrogen) atoms. The lowest BCUT2D eigenvalue weighted by atomic mass is 9.93. The summed E-state index contributed by atoms with van der Waals surface area (Å²) in [4.78, 5) is 1.32. The van der Waals surface area contributed by atoms with E-state index in [0.29, 0.717) is 5.92 Å². The molecule has 1 fully saturated rings. The van der Waals surface area contributed by atoms with Gasteiger partial charge in [-0.1, -0.05) is 25.0 Å². The van der Waals surface area contributed by atoms with E-state index in [0.717, 1.165) is 0 Å². The van der Waals surface area contributed by atoms with Crippen molar-refractivity contribution in [1.29, 1.82) is 0 Å². The SMILES string of the molecule is CSc1ccc([C@H](N)C2CCCC2)cc1.Cl. The predicted octanol–water partition coefficient (Wildman–Crippen LogP) is 4.02. The fraction of sp³-hybridized carbons (Fsp3) is 0.538. The third-order valence-electron chi connectivity index (χ3n) is 3.41. The highest BCUT2D eigenvalue weighted by Crippen LogP contribution is 2.34. The van der Waals surface area contributed by atoms with Gasteiger partial charge < -0.3 is 5.73 Å². The summed E-state index contributed by atoms with van der Waals surface area (Å²) in [6, 6.07) is 8.98. The van der Waals surface area contributed by atoms with Gasteiger partial charge in [0.2, 0.25) is 0 Å². The van der Waals surface area contributed by atoms with E-state index in [-0.39, 0.29) is 18.4 Å². The number of nitrogens with two attached hydrogens (primary N) is 1. The van der Waals surface area contributed by atoms with Crippen LogP contribution in [-0.2, 0) is 0 Å². The van der Waals surface area contributed by atoms with Crippen LogP contribution in [0.4, 0.5) is 0 Å². The average molecular weight is 258 g/mol. The molecule has 2 rings (SSSR count). The zero-order valence-corrected chi connectivity index (χ0v) is 11.3. The van der Waals surface area contributed by atoms with E-state index in [9.17, 15) is 0 Å². The van der Waals surface area contributed by atoms with Crippen molar-refractivity contribution in [3.8, 4) is 0 Å². The lowest BCUT2D eigenvalue weighted by Crippen LogP contribution is -2.18. The summed E-state index contributed by atoms with van der Waals surface area (Å²) in [5.41, 5.74) is 7.59. The van der Waals surface area contributed by atoms with E-state index >= 15 is 0 Å². The van der Waals surface area contributed by atoms with Gasteiger partial charge in [-0.05, 0) is 42.7 Å². The van der Waals surface area contributed by atoms with Gasteiger partial charge in [0.15, 0.2) is 0 Å². The maximum absolute atomic E-state index is 6.29. The largest absolute Gasteiger partial charge is 0.324 e. The van der Waals surface area contributed by atoms with Crippen LogP contribution in [0.25, 0.3) is 0 Å². The quantitative estimate of drug-likeness (QED) is 0.828. The van der Waals surface area contributed by atoms with Crippen molar-refractivity contribution in [2.75, 3.05) is 6.26 Å². The van der Waals surface area contributed by atoms with Crippen LogP contribution in [0.5, 0.6) is 0 Å². The summed E-state index contributed by atoms with van der Waals surface area (Å²) in [5.74, 6) is 0.713. The van der Waals surface area contributed by atoms with Gasteiger partial charge in [-0.3, -0.25) is 0 Å². The molecule has 1 aliphatic rings. The Hall–Kier alpha value is -0.180. The van der Waals surface area contributed by atoms with Crippen molar-refractivity contribution in [3.05, 3.63) is 29.8 Å². The lowest BCUT2D eigenvalue weighted by Gasteiger charge is -2.19. The zero-order valence-electron chi connectivity index (χ0n) is 9.69. The Labute approximate surface area is 109 Å². The van der Waals surface area contributed by atoms with E-state index < -0.39 is 0 Å². The normalized spacial score (nSPS) is 18.1. The molecule has 0 radical (unpaired) electrons.